The molecule has 0 radical (unpaired) electrons. The highest BCUT2D eigenvalue weighted by molar-refractivity contribution is 6.31. The lowest BCUT2D eigenvalue weighted by Crippen LogP contribution is -2.36. The van der Waals surface area contributed by atoms with Gasteiger partial charge in [0, 0.05) is 37.6 Å². The number of alkyl halides is 3. The first-order chi connectivity index (χ1) is 15.6. The molecular weight excluding hydrogens is 477 g/mol. The van der Waals surface area contributed by atoms with E-state index < -0.39 is 34.5 Å². The van der Waals surface area contributed by atoms with Crippen molar-refractivity contribution in [1.29, 1.82) is 0 Å². The van der Waals surface area contributed by atoms with Gasteiger partial charge in [-0.05, 0) is 45.9 Å². The highest BCUT2D eigenvalue weighted by Gasteiger charge is 2.33. The number of likely N-dealkylation sites (N-methyl/N-ethyl adjacent to an activating group) is 1. The van der Waals surface area contributed by atoms with Gasteiger partial charge in [0.25, 0.3) is 0 Å². The minimum Gasteiger partial charge on any atom is -0.444 e. The fraction of sp³-hybridized carbons (Fsp3) is 0.429. The molecule has 13 heteroatoms. The summed E-state index contributed by atoms with van der Waals surface area (Å²) in [4.78, 5) is 33.9. The molecule has 1 aromatic heterocycles. The van der Waals surface area contributed by atoms with Crippen LogP contribution in [-0.4, -0.2) is 52.7 Å². The van der Waals surface area contributed by atoms with E-state index in [4.69, 9.17) is 16.3 Å². The maximum atomic E-state index is 13.0. The number of benzene rings is 1. The molecule has 2 aromatic rings. The molecule has 186 valence electrons. The van der Waals surface area contributed by atoms with Gasteiger partial charge in [-0.2, -0.15) is 18.2 Å². The fourth-order valence-electron chi connectivity index (χ4n) is 2.58. The summed E-state index contributed by atoms with van der Waals surface area (Å²) < 4.78 is 44.3. The Hall–Kier alpha value is -3.28. The van der Waals surface area contributed by atoms with E-state index in [0.717, 1.165) is 12.1 Å². The average Bonchev–Trinajstić information content (AvgIpc) is 2.66. The number of nitrogens with zero attached hydrogens (tertiary/aromatic N) is 3. The van der Waals surface area contributed by atoms with Gasteiger partial charge in [-0.1, -0.05) is 11.6 Å². The lowest BCUT2D eigenvalue weighted by molar-refractivity contribution is -0.137. The van der Waals surface area contributed by atoms with Gasteiger partial charge < -0.3 is 20.3 Å². The monoisotopic (exact) mass is 502 g/mol. The number of rotatable bonds is 6. The molecule has 1 aromatic carbocycles. The van der Waals surface area contributed by atoms with Crippen LogP contribution in [0.1, 0.15) is 32.0 Å². The molecule has 1 heterocycles. The SMILES string of the molecule is Cc1cc(NCCN(C)C(=O)OC(C)(C)C)nc(NC(=O)Nc2ccc(Cl)c(C(F)(F)F)c2)n1. The second-order valence-corrected chi connectivity index (χ2v) is 8.73. The molecule has 3 amide bonds. The van der Waals surface area contributed by atoms with Crippen molar-refractivity contribution in [1.82, 2.24) is 14.9 Å². The number of urea groups is 1. The van der Waals surface area contributed by atoms with Gasteiger partial charge in [0.2, 0.25) is 5.95 Å². The number of aromatic nitrogens is 2. The quantitative estimate of drug-likeness (QED) is 0.489. The van der Waals surface area contributed by atoms with Gasteiger partial charge in [0.15, 0.2) is 0 Å². The third-order valence-corrected chi connectivity index (χ3v) is 4.40. The third-order valence-electron chi connectivity index (χ3n) is 4.07. The zero-order valence-electron chi connectivity index (χ0n) is 19.3. The highest BCUT2D eigenvalue weighted by atomic mass is 35.5. The molecule has 0 aliphatic carbocycles. The van der Waals surface area contributed by atoms with Crippen LogP contribution in [0, 0.1) is 6.92 Å². The van der Waals surface area contributed by atoms with Crippen molar-refractivity contribution in [3.8, 4) is 0 Å². The summed E-state index contributed by atoms with van der Waals surface area (Å²) in [6.07, 6.45) is -5.13. The van der Waals surface area contributed by atoms with E-state index in [0.29, 0.717) is 24.6 Å². The van der Waals surface area contributed by atoms with E-state index in [1.54, 1.807) is 40.8 Å². The van der Waals surface area contributed by atoms with Crippen molar-refractivity contribution >= 4 is 41.2 Å². The minimum atomic E-state index is -4.66. The number of hydrogen-bond acceptors (Lipinski definition) is 6. The minimum absolute atomic E-state index is 0.0643. The van der Waals surface area contributed by atoms with E-state index >= 15 is 0 Å². The molecule has 0 atom stereocenters. The smallest absolute Gasteiger partial charge is 0.417 e. The summed E-state index contributed by atoms with van der Waals surface area (Å²) in [5.41, 5.74) is -1.25. The summed E-state index contributed by atoms with van der Waals surface area (Å²) in [6, 6.07) is 3.80. The topological polar surface area (TPSA) is 108 Å². The molecule has 0 spiro atoms. The lowest BCUT2D eigenvalue weighted by Gasteiger charge is -2.24. The summed E-state index contributed by atoms with van der Waals surface area (Å²) in [6.45, 7) is 7.65. The molecule has 0 saturated heterocycles. The number of hydrogen-bond donors (Lipinski definition) is 3. The maximum absolute atomic E-state index is 13.0. The predicted octanol–water partition coefficient (Wildman–Crippen LogP) is 5.38. The first kappa shape index (κ1) is 27.0. The van der Waals surface area contributed by atoms with E-state index in [1.807, 2.05) is 0 Å². The van der Waals surface area contributed by atoms with Crippen molar-refractivity contribution in [2.24, 2.45) is 0 Å². The molecular formula is C21H26ClF3N6O3. The highest BCUT2D eigenvalue weighted by Crippen LogP contribution is 2.36. The van der Waals surface area contributed by atoms with Crippen molar-refractivity contribution < 1.29 is 27.5 Å². The summed E-state index contributed by atoms with van der Waals surface area (Å²) in [5, 5.41) is 7.21. The Bertz CT molecular complexity index is 1040. The first-order valence-corrected chi connectivity index (χ1v) is 10.5. The van der Waals surface area contributed by atoms with Crippen LogP contribution in [0.2, 0.25) is 5.02 Å². The molecule has 0 bridgehead atoms. The molecule has 0 unspecified atom stereocenters. The second-order valence-electron chi connectivity index (χ2n) is 8.32. The molecule has 2 rings (SSSR count). The number of amides is 3. The second kappa shape index (κ2) is 10.8. The molecule has 0 aliphatic rings. The van der Waals surface area contributed by atoms with Gasteiger partial charge in [-0.3, -0.25) is 5.32 Å². The van der Waals surface area contributed by atoms with Crippen molar-refractivity contribution in [3.63, 3.8) is 0 Å². The van der Waals surface area contributed by atoms with Crippen molar-refractivity contribution in [3.05, 3.63) is 40.5 Å². The van der Waals surface area contributed by atoms with Gasteiger partial charge in [0.1, 0.15) is 11.4 Å². The van der Waals surface area contributed by atoms with Gasteiger partial charge in [0.05, 0.1) is 10.6 Å². The number of nitrogens with one attached hydrogen (secondary N) is 3. The standard InChI is InChI=1S/C21H26ClF3N6O3/c1-12-10-16(26-8-9-31(5)19(33)34-20(2,3)4)29-17(27-12)30-18(32)28-13-6-7-15(22)14(11-13)21(23,24)25/h6-7,10-11H,8-9H2,1-5H3,(H3,26,27,28,29,30,32). The van der Waals surface area contributed by atoms with Crippen LogP contribution in [0.3, 0.4) is 0 Å². The Morgan fingerprint density at radius 3 is 2.41 bits per heavy atom. The molecule has 34 heavy (non-hydrogen) atoms. The van der Waals surface area contributed by atoms with Gasteiger partial charge in [-0.15, -0.1) is 0 Å². The Morgan fingerprint density at radius 2 is 1.79 bits per heavy atom. The number of carbonyl (C=O) groups is 2. The Kier molecular flexibility index (Phi) is 8.54. The zero-order chi connectivity index (χ0) is 25.7. The first-order valence-electron chi connectivity index (χ1n) is 10.1. The molecule has 0 fully saturated rings. The Morgan fingerprint density at radius 1 is 1.12 bits per heavy atom. The molecule has 0 aliphatic heterocycles. The van der Waals surface area contributed by atoms with Crippen molar-refractivity contribution in [2.75, 3.05) is 36.1 Å². The van der Waals surface area contributed by atoms with Crippen LogP contribution < -0.4 is 16.0 Å². The summed E-state index contributed by atoms with van der Waals surface area (Å²) in [5.74, 6) is 0.316. The van der Waals surface area contributed by atoms with Crippen LogP contribution in [0.4, 0.5) is 40.2 Å². The van der Waals surface area contributed by atoms with E-state index in [9.17, 15) is 22.8 Å². The Balaban J connectivity index is 1.97. The molecule has 0 saturated carbocycles. The van der Waals surface area contributed by atoms with Gasteiger partial charge >= 0.3 is 18.3 Å². The molecule has 9 nitrogen and oxygen atoms in total. The number of aryl methyl sites for hydroxylation is 1. The Labute approximate surface area is 200 Å². The average molecular weight is 503 g/mol. The van der Waals surface area contributed by atoms with Crippen LogP contribution in [0.25, 0.3) is 0 Å². The summed E-state index contributed by atoms with van der Waals surface area (Å²) in [7, 11) is 1.60. The number of ether oxygens (including phenoxy) is 1. The van der Waals surface area contributed by atoms with Crippen LogP contribution in [-0.2, 0) is 10.9 Å². The van der Waals surface area contributed by atoms with Crippen LogP contribution in [0.5, 0.6) is 0 Å². The predicted molar refractivity (Wildman–Crippen MR) is 123 cm³/mol. The van der Waals surface area contributed by atoms with Gasteiger partial charge in [-0.25, -0.2) is 14.6 Å². The van der Waals surface area contributed by atoms with E-state index in [-0.39, 0.29) is 11.6 Å². The van der Waals surface area contributed by atoms with Crippen LogP contribution in [0.15, 0.2) is 24.3 Å². The molecule has 3 N–H and O–H groups in total. The number of halogens is 4. The number of anilines is 3. The number of carbonyl (C=O) groups excluding carboxylic acids is 2. The largest absolute Gasteiger partial charge is 0.444 e. The zero-order valence-corrected chi connectivity index (χ0v) is 20.1. The third kappa shape index (κ3) is 8.58. The lowest BCUT2D eigenvalue weighted by atomic mass is 10.2. The van der Waals surface area contributed by atoms with E-state index in [1.165, 1.54) is 11.0 Å². The normalized spacial score (nSPS) is 11.6. The van der Waals surface area contributed by atoms with E-state index in [2.05, 4.69) is 25.9 Å². The van der Waals surface area contributed by atoms with Crippen molar-refractivity contribution in [2.45, 2.75) is 39.5 Å². The maximum Gasteiger partial charge on any atom is 0.417 e. The van der Waals surface area contributed by atoms with Crippen LogP contribution >= 0.6 is 11.6 Å². The fourth-order valence-corrected chi connectivity index (χ4v) is 2.81. The summed E-state index contributed by atoms with van der Waals surface area (Å²) >= 11 is 5.58.